The van der Waals surface area contributed by atoms with Gasteiger partial charge in [-0.3, -0.25) is 19.5 Å². The van der Waals surface area contributed by atoms with Crippen molar-refractivity contribution in [1.82, 2.24) is 20.1 Å². The molecule has 1 aliphatic heterocycles. The molecule has 2 aromatic heterocycles. The molecular weight excluding hydrogens is 550 g/mol. The number of amides is 2. The first kappa shape index (κ1) is 29.2. The number of rotatable bonds is 8. The van der Waals surface area contributed by atoms with E-state index in [0.29, 0.717) is 11.6 Å². The van der Waals surface area contributed by atoms with Crippen LogP contribution in [0.4, 0.5) is 5.82 Å². The quantitative estimate of drug-likeness (QED) is 0.308. The average molecular weight is 586 g/mol. The molecule has 5 rings (SSSR count). The number of aromatic nitrogens is 3. The number of anilines is 1. The van der Waals surface area contributed by atoms with E-state index in [1.807, 2.05) is 66.7 Å². The van der Waals surface area contributed by atoms with E-state index in [0.717, 1.165) is 34.0 Å². The van der Waals surface area contributed by atoms with Gasteiger partial charge in [-0.25, -0.2) is 4.68 Å². The lowest BCUT2D eigenvalue weighted by molar-refractivity contribution is -0.123. The number of nitrogens with one attached hydrogen (secondary N) is 1. The van der Waals surface area contributed by atoms with E-state index in [-0.39, 0.29) is 41.3 Å². The fourth-order valence-electron chi connectivity index (χ4n) is 5.00. The van der Waals surface area contributed by atoms with Crippen molar-refractivity contribution in [2.24, 2.45) is 0 Å². The van der Waals surface area contributed by atoms with Gasteiger partial charge in [0.05, 0.1) is 48.8 Å². The lowest BCUT2D eigenvalue weighted by atomic mass is 9.87. The van der Waals surface area contributed by atoms with Crippen LogP contribution in [0.25, 0.3) is 5.69 Å². The summed E-state index contributed by atoms with van der Waals surface area (Å²) in [6.07, 6.45) is 1.68. The zero-order valence-electron chi connectivity index (χ0n) is 24.5. The maximum Gasteiger partial charge on any atom is 0.240 e. The SMILES string of the molecule is COc1ccc(-n2nc(C(C)(C)C)c3c2N(CC(=O)NCc2ccccn2)C(=O)CSC3c2ccccc2OC)cc1. The second kappa shape index (κ2) is 12.3. The van der Waals surface area contributed by atoms with Gasteiger partial charge in [0, 0.05) is 22.7 Å². The molecule has 0 fully saturated rings. The van der Waals surface area contributed by atoms with Crippen molar-refractivity contribution in [3.8, 4) is 17.2 Å². The molecule has 0 spiro atoms. The molecule has 42 heavy (non-hydrogen) atoms. The number of para-hydroxylation sites is 1. The highest BCUT2D eigenvalue weighted by Crippen LogP contribution is 2.50. The molecule has 1 N–H and O–H groups in total. The van der Waals surface area contributed by atoms with Crippen LogP contribution in [0.1, 0.15) is 48.5 Å². The molecule has 0 saturated carbocycles. The summed E-state index contributed by atoms with van der Waals surface area (Å²) in [5.41, 5.74) is 3.78. The van der Waals surface area contributed by atoms with E-state index in [1.54, 1.807) is 30.0 Å². The van der Waals surface area contributed by atoms with Crippen molar-refractivity contribution in [2.75, 3.05) is 31.4 Å². The molecule has 4 aromatic rings. The molecule has 9 nitrogen and oxygen atoms in total. The Kier molecular flexibility index (Phi) is 8.54. The fourth-order valence-corrected chi connectivity index (χ4v) is 6.22. The van der Waals surface area contributed by atoms with Crippen LogP contribution in [0.2, 0.25) is 0 Å². The Bertz CT molecular complexity index is 1560. The number of hydrogen-bond donors (Lipinski definition) is 1. The highest BCUT2D eigenvalue weighted by molar-refractivity contribution is 8.00. The van der Waals surface area contributed by atoms with E-state index in [9.17, 15) is 9.59 Å². The third-order valence-electron chi connectivity index (χ3n) is 7.03. The number of thioether (sulfide) groups is 1. The first-order valence-corrected chi connectivity index (χ1v) is 14.8. The molecule has 1 unspecified atom stereocenters. The minimum absolute atomic E-state index is 0.163. The predicted molar refractivity (Wildman–Crippen MR) is 165 cm³/mol. The molecule has 0 aliphatic carbocycles. The summed E-state index contributed by atoms with van der Waals surface area (Å²) >= 11 is 1.52. The number of carbonyl (C=O) groups excluding carboxylic acids is 2. The largest absolute Gasteiger partial charge is 0.497 e. The second-order valence-corrected chi connectivity index (χ2v) is 12.0. The van der Waals surface area contributed by atoms with Crippen molar-refractivity contribution in [3.63, 3.8) is 0 Å². The molecule has 0 saturated heterocycles. The summed E-state index contributed by atoms with van der Waals surface area (Å²) in [5.74, 6) is 1.72. The minimum atomic E-state index is -0.372. The van der Waals surface area contributed by atoms with Crippen LogP contribution >= 0.6 is 11.8 Å². The topological polar surface area (TPSA) is 98.6 Å². The standard InChI is InChI=1S/C32H35N5O4S/c1-32(2,3)30-28-29(24-11-6-7-12-25(24)41-5)42-20-27(39)36(19-26(38)34-18-21-10-8-9-17-33-21)31(28)37(35-30)22-13-15-23(40-4)16-14-22/h6-17,29H,18-20H2,1-5H3,(H,34,38). The van der Waals surface area contributed by atoms with Crippen LogP contribution < -0.4 is 19.7 Å². The summed E-state index contributed by atoms with van der Waals surface area (Å²) in [5, 5.41) is 7.79. The summed E-state index contributed by atoms with van der Waals surface area (Å²) in [7, 11) is 3.27. The summed E-state index contributed by atoms with van der Waals surface area (Å²) < 4.78 is 12.9. The van der Waals surface area contributed by atoms with Crippen molar-refractivity contribution in [2.45, 2.75) is 38.0 Å². The van der Waals surface area contributed by atoms with Gasteiger partial charge in [0.15, 0.2) is 0 Å². The number of pyridine rings is 1. The van der Waals surface area contributed by atoms with Crippen molar-refractivity contribution < 1.29 is 19.1 Å². The molecule has 2 amide bonds. The van der Waals surface area contributed by atoms with Crippen LogP contribution in [-0.2, 0) is 21.5 Å². The smallest absolute Gasteiger partial charge is 0.240 e. The minimum Gasteiger partial charge on any atom is -0.497 e. The predicted octanol–water partition coefficient (Wildman–Crippen LogP) is 5.07. The van der Waals surface area contributed by atoms with Crippen LogP contribution in [0.15, 0.2) is 72.9 Å². The Labute approximate surface area is 250 Å². The zero-order chi connectivity index (χ0) is 29.9. The van der Waals surface area contributed by atoms with Gasteiger partial charge in [0.25, 0.3) is 0 Å². The average Bonchev–Trinajstić information content (AvgIpc) is 3.34. The van der Waals surface area contributed by atoms with Crippen molar-refractivity contribution >= 4 is 29.4 Å². The molecule has 10 heteroatoms. The van der Waals surface area contributed by atoms with Gasteiger partial charge < -0.3 is 14.8 Å². The van der Waals surface area contributed by atoms with Crippen molar-refractivity contribution in [1.29, 1.82) is 0 Å². The van der Waals surface area contributed by atoms with Gasteiger partial charge in [-0.2, -0.15) is 5.10 Å². The van der Waals surface area contributed by atoms with E-state index in [2.05, 4.69) is 31.1 Å². The van der Waals surface area contributed by atoms with E-state index in [1.165, 1.54) is 11.8 Å². The number of nitrogens with zero attached hydrogens (tertiary/aromatic N) is 4. The molecule has 2 aromatic carbocycles. The van der Waals surface area contributed by atoms with Crippen molar-refractivity contribution in [3.05, 3.63) is 95.4 Å². The van der Waals surface area contributed by atoms with Gasteiger partial charge in [0.1, 0.15) is 23.9 Å². The maximum absolute atomic E-state index is 13.9. The summed E-state index contributed by atoms with van der Waals surface area (Å²) in [4.78, 5) is 33.1. The number of fused-ring (bicyclic) bond motifs is 1. The van der Waals surface area contributed by atoms with Gasteiger partial charge in [-0.15, -0.1) is 11.8 Å². The van der Waals surface area contributed by atoms with Crippen LogP contribution in [-0.4, -0.2) is 53.1 Å². The summed E-state index contributed by atoms with van der Waals surface area (Å²) in [6.45, 7) is 6.42. The fraction of sp³-hybridized carbons (Fsp3) is 0.312. The Balaban J connectivity index is 1.67. The lowest BCUT2D eigenvalue weighted by Crippen LogP contribution is -2.42. The first-order chi connectivity index (χ1) is 20.2. The molecule has 0 radical (unpaired) electrons. The van der Waals surface area contributed by atoms with E-state index < -0.39 is 0 Å². The Morgan fingerprint density at radius 1 is 1.02 bits per heavy atom. The Hall–Kier alpha value is -4.31. The molecule has 1 aliphatic rings. The van der Waals surface area contributed by atoms with Crippen LogP contribution in [0, 0.1) is 0 Å². The van der Waals surface area contributed by atoms with Gasteiger partial charge in [0.2, 0.25) is 11.8 Å². The third kappa shape index (κ3) is 5.99. The Morgan fingerprint density at radius 2 is 1.76 bits per heavy atom. The van der Waals surface area contributed by atoms with Crippen LogP contribution in [0.5, 0.6) is 11.5 Å². The number of benzene rings is 2. The normalized spacial score (nSPS) is 15.1. The monoisotopic (exact) mass is 585 g/mol. The highest BCUT2D eigenvalue weighted by Gasteiger charge is 2.40. The molecule has 1 atom stereocenters. The van der Waals surface area contributed by atoms with E-state index >= 15 is 0 Å². The molecule has 3 heterocycles. The number of carbonyl (C=O) groups is 2. The van der Waals surface area contributed by atoms with Gasteiger partial charge in [-0.05, 0) is 42.5 Å². The highest BCUT2D eigenvalue weighted by atomic mass is 32.2. The number of ether oxygens (including phenoxy) is 2. The van der Waals surface area contributed by atoms with Gasteiger partial charge >= 0.3 is 0 Å². The summed E-state index contributed by atoms with van der Waals surface area (Å²) in [6, 6.07) is 20.9. The van der Waals surface area contributed by atoms with E-state index in [4.69, 9.17) is 14.6 Å². The molecular formula is C32H35N5O4S. The third-order valence-corrected chi connectivity index (χ3v) is 8.27. The second-order valence-electron chi connectivity index (χ2n) is 11.0. The first-order valence-electron chi connectivity index (χ1n) is 13.7. The molecule has 218 valence electrons. The number of methoxy groups -OCH3 is 2. The maximum atomic E-state index is 13.9. The Morgan fingerprint density at radius 3 is 2.43 bits per heavy atom. The lowest BCUT2D eigenvalue weighted by Gasteiger charge is -2.25. The molecule has 0 bridgehead atoms. The zero-order valence-corrected chi connectivity index (χ0v) is 25.3. The van der Waals surface area contributed by atoms with Gasteiger partial charge in [-0.1, -0.05) is 45.0 Å². The van der Waals surface area contributed by atoms with Crippen LogP contribution in [0.3, 0.4) is 0 Å². The number of hydrogen-bond acceptors (Lipinski definition) is 7.